The molecule has 0 aromatic carbocycles. The monoisotopic (exact) mass is 278 g/mol. The molecule has 0 atom stereocenters. The number of aromatic nitrogens is 1. The van der Waals surface area contributed by atoms with Crippen molar-refractivity contribution in [3.63, 3.8) is 0 Å². The molecule has 20 heavy (non-hydrogen) atoms. The average Bonchev–Trinajstić information content (AvgIpc) is 2.56. The number of hydrogen-bond donors (Lipinski definition) is 1. The average molecular weight is 278 g/mol. The number of nitrogens with zero attached hydrogens (tertiary/aromatic N) is 1. The number of ether oxygens (including phenoxy) is 1. The van der Waals surface area contributed by atoms with Gasteiger partial charge in [-0.1, -0.05) is 0 Å². The fourth-order valence-corrected chi connectivity index (χ4v) is 1.98. The van der Waals surface area contributed by atoms with Crippen molar-refractivity contribution in [1.82, 2.24) is 4.98 Å². The molecule has 7 heteroatoms. The maximum absolute atomic E-state index is 11.8. The summed E-state index contributed by atoms with van der Waals surface area (Å²) in [6, 6.07) is 0. The number of nitrogens with two attached hydrogens (primary N) is 1. The topological polar surface area (TPSA) is 83.7 Å². The lowest BCUT2D eigenvalue weighted by Gasteiger charge is -2.32. The van der Waals surface area contributed by atoms with E-state index in [-0.39, 0.29) is 5.56 Å². The number of methoxy groups -OCH3 is 1. The third-order valence-corrected chi connectivity index (χ3v) is 3.91. The molecule has 1 aromatic rings. The van der Waals surface area contributed by atoms with Crippen LogP contribution in [0.2, 0.25) is 0 Å². The van der Waals surface area contributed by atoms with Crippen LogP contribution in [-0.4, -0.2) is 36.4 Å². The fraction of sp³-hybridized carbons (Fsp3) is 0.538. The largest absolute Gasteiger partial charge is 0.497 e. The van der Waals surface area contributed by atoms with Gasteiger partial charge in [-0.25, -0.2) is 4.79 Å². The summed E-state index contributed by atoms with van der Waals surface area (Å²) in [5.41, 5.74) is 5.97. The van der Waals surface area contributed by atoms with Crippen LogP contribution in [0.5, 0.6) is 0 Å². The van der Waals surface area contributed by atoms with Crippen LogP contribution in [0.4, 0.5) is 5.69 Å². The van der Waals surface area contributed by atoms with E-state index in [4.69, 9.17) is 19.8 Å². The number of anilines is 1. The highest BCUT2D eigenvalue weighted by Crippen LogP contribution is 2.37. The van der Waals surface area contributed by atoms with Gasteiger partial charge in [0.15, 0.2) is 0 Å². The quantitative estimate of drug-likeness (QED) is 0.635. The van der Waals surface area contributed by atoms with Gasteiger partial charge in [0.05, 0.1) is 29.6 Å². The summed E-state index contributed by atoms with van der Waals surface area (Å²) in [4.78, 5) is 15.8. The minimum atomic E-state index is -0.725. The zero-order valence-electron chi connectivity index (χ0n) is 12.4. The second kappa shape index (κ2) is 4.75. The van der Waals surface area contributed by atoms with Crippen LogP contribution < -0.4 is 11.2 Å². The van der Waals surface area contributed by atoms with Crippen molar-refractivity contribution in [3.8, 4) is 0 Å². The molecule has 1 aliphatic heterocycles. The molecule has 1 saturated heterocycles. The van der Waals surface area contributed by atoms with Gasteiger partial charge in [0.25, 0.3) is 0 Å². The molecule has 0 amide bonds. The van der Waals surface area contributed by atoms with Crippen molar-refractivity contribution in [2.45, 2.75) is 38.9 Å². The second-order valence-corrected chi connectivity index (χ2v) is 5.77. The SMILES string of the molecule is COC(=O)c1cncc(N)c1B1OC(C)(C)C(C)(C)O1. The maximum atomic E-state index is 11.8. The van der Waals surface area contributed by atoms with E-state index in [9.17, 15) is 4.79 Å². The molecule has 1 aromatic heterocycles. The van der Waals surface area contributed by atoms with E-state index in [1.807, 2.05) is 27.7 Å². The summed E-state index contributed by atoms with van der Waals surface area (Å²) in [5, 5.41) is 0. The molecule has 108 valence electrons. The molecule has 1 fully saturated rings. The molecule has 1 aliphatic rings. The number of carbonyl (C=O) groups is 1. The molecule has 0 saturated carbocycles. The second-order valence-electron chi connectivity index (χ2n) is 5.77. The van der Waals surface area contributed by atoms with Crippen LogP contribution in [0.25, 0.3) is 0 Å². The van der Waals surface area contributed by atoms with Crippen molar-refractivity contribution in [2.24, 2.45) is 0 Å². The van der Waals surface area contributed by atoms with Gasteiger partial charge < -0.3 is 19.8 Å². The van der Waals surface area contributed by atoms with Gasteiger partial charge >= 0.3 is 13.1 Å². The standard InChI is InChI=1S/C13H19BN2O4/c1-12(2)13(3,4)20-14(19-12)10-8(11(17)18-5)6-16-7-9(10)15/h6-7H,15H2,1-5H3. The molecule has 0 spiro atoms. The number of rotatable bonds is 2. The summed E-state index contributed by atoms with van der Waals surface area (Å²) in [6.45, 7) is 7.73. The number of pyridine rings is 1. The minimum absolute atomic E-state index is 0.256. The first-order valence-electron chi connectivity index (χ1n) is 6.37. The molecule has 2 N–H and O–H groups in total. The number of esters is 1. The Kier molecular flexibility index (Phi) is 3.52. The summed E-state index contributed by atoms with van der Waals surface area (Å²) in [7, 11) is 0.580. The highest BCUT2D eigenvalue weighted by Gasteiger charge is 2.53. The van der Waals surface area contributed by atoms with Crippen molar-refractivity contribution in [2.75, 3.05) is 12.8 Å². The Morgan fingerprint density at radius 3 is 2.30 bits per heavy atom. The van der Waals surface area contributed by atoms with E-state index in [2.05, 4.69) is 4.98 Å². The van der Waals surface area contributed by atoms with E-state index in [1.54, 1.807) is 0 Å². The molecular weight excluding hydrogens is 259 g/mol. The first kappa shape index (κ1) is 14.8. The zero-order chi connectivity index (χ0) is 15.1. The Labute approximate surface area is 118 Å². The van der Waals surface area contributed by atoms with Crippen LogP contribution in [0.1, 0.15) is 38.1 Å². The van der Waals surface area contributed by atoms with Gasteiger partial charge in [-0.2, -0.15) is 0 Å². The van der Waals surface area contributed by atoms with Crippen LogP contribution in [0, 0.1) is 0 Å². The third-order valence-electron chi connectivity index (χ3n) is 3.91. The Morgan fingerprint density at radius 1 is 1.25 bits per heavy atom. The third kappa shape index (κ3) is 2.27. The lowest BCUT2D eigenvalue weighted by atomic mass is 9.75. The van der Waals surface area contributed by atoms with Gasteiger partial charge in [-0.15, -0.1) is 0 Å². The van der Waals surface area contributed by atoms with Gasteiger partial charge in [0, 0.05) is 17.9 Å². The number of hydrogen-bond acceptors (Lipinski definition) is 6. The summed E-state index contributed by atoms with van der Waals surface area (Å²) >= 11 is 0. The normalized spacial score (nSPS) is 19.9. The van der Waals surface area contributed by atoms with E-state index in [0.29, 0.717) is 11.2 Å². The molecule has 6 nitrogen and oxygen atoms in total. The zero-order valence-corrected chi connectivity index (χ0v) is 12.4. The Bertz CT molecular complexity index is 529. The van der Waals surface area contributed by atoms with E-state index < -0.39 is 24.3 Å². The molecule has 0 aliphatic carbocycles. The molecular formula is C13H19BN2O4. The van der Waals surface area contributed by atoms with Crippen molar-refractivity contribution < 1.29 is 18.8 Å². The molecule has 2 rings (SSSR count). The summed E-state index contributed by atoms with van der Waals surface area (Å²) in [5.74, 6) is -0.519. The first-order valence-corrected chi connectivity index (χ1v) is 6.37. The van der Waals surface area contributed by atoms with Crippen LogP contribution in [0.3, 0.4) is 0 Å². The van der Waals surface area contributed by atoms with Crippen molar-refractivity contribution >= 4 is 24.2 Å². The number of carbonyl (C=O) groups excluding carboxylic acids is 1. The lowest BCUT2D eigenvalue weighted by molar-refractivity contribution is 0.00578. The molecule has 0 bridgehead atoms. The van der Waals surface area contributed by atoms with Crippen LogP contribution >= 0.6 is 0 Å². The maximum Gasteiger partial charge on any atom is 0.497 e. The smallest absolute Gasteiger partial charge is 0.465 e. The molecule has 2 heterocycles. The summed E-state index contributed by atoms with van der Waals surface area (Å²) < 4.78 is 16.6. The summed E-state index contributed by atoms with van der Waals surface area (Å²) in [6.07, 6.45) is 2.87. The number of nitrogen functional groups attached to an aromatic ring is 1. The highest BCUT2D eigenvalue weighted by atomic mass is 16.7. The fourth-order valence-electron chi connectivity index (χ4n) is 1.98. The minimum Gasteiger partial charge on any atom is -0.465 e. The van der Waals surface area contributed by atoms with E-state index in [1.165, 1.54) is 19.5 Å². The molecule has 0 radical (unpaired) electrons. The first-order chi connectivity index (χ1) is 9.19. The van der Waals surface area contributed by atoms with E-state index >= 15 is 0 Å². The van der Waals surface area contributed by atoms with Crippen LogP contribution in [0.15, 0.2) is 12.4 Å². The van der Waals surface area contributed by atoms with Crippen molar-refractivity contribution in [3.05, 3.63) is 18.0 Å². The van der Waals surface area contributed by atoms with Gasteiger partial charge in [-0.3, -0.25) is 4.98 Å². The van der Waals surface area contributed by atoms with Gasteiger partial charge in [-0.05, 0) is 27.7 Å². The van der Waals surface area contributed by atoms with Crippen LogP contribution in [-0.2, 0) is 14.0 Å². The van der Waals surface area contributed by atoms with Gasteiger partial charge in [0.2, 0.25) is 0 Å². The predicted molar refractivity (Wildman–Crippen MR) is 75.7 cm³/mol. The van der Waals surface area contributed by atoms with Crippen molar-refractivity contribution in [1.29, 1.82) is 0 Å². The Morgan fingerprint density at radius 2 is 1.80 bits per heavy atom. The Balaban J connectivity index is 2.47. The molecule has 0 unspecified atom stereocenters. The predicted octanol–water partition coefficient (Wildman–Crippen LogP) is 0.750. The van der Waals surface area contributed by atoms with E-state index in [0.717, 1.165) is 0 Å². The Hall–Kier alpha value is -1.60. The lowest BCUT2D eigenvalue weighted by Crippen LogP contribution is -2.41. The highest BCUT2D eigenvalue weighted by molar-refractivity contribution is 6.65. The van der Waals surface area contributed by atoms with Gasteiger partial charge in [0.1, 0.15) is 0 Å².